The number of hydrogen-bond acceptors (Lipinski definition) is 6. The van der Waals surface area contributed by atoms with E-state index in [2.05, 4.69) is 10.7 Å². The van der Waals surface area contributed by atoms with Gasteiger partial charge in [0.05, 0.1) is 10.6 Å². The van der Waals surface area contributed by atoms with Gasteiger partial charge in [-0.15, -0.1) is 0 Å². The number of carboxylic acids is 1. The highest BCUT2D eigenvalue weighted by atomic mass is 35.5. The number of aryl methyl sites for hydroxylation is 2. The number of carbonyl (C=O) groups is 4. The average Bonchev–Trinajstić information content (AvgIpc) is 2.86. The number of aromatic hydroxyl groups is 1. The number of benzene rings is 3. The molecule has 0 saturated carbocycles. The lowest BCUT2D eigenvalue weighted by Crippen LogP contribution is -2.53. The van der Waals surface area contributed by atoms with Crippen molar-refractivity contribution >= 4 is 35.3 Å². The Bertz CT molecular complexity index is 1370. The first-order valence-electron chi connectivity index (χ1n) is 11.3. The SMILES string of the molecule is Cc1ccc(C(=O)N(N[C@@H](C)C(=O)O)C(=O)c2ccc(C(=O)NCc3cccc(O)c3)cc2Cl)cc1C. The molecule has 0 unspecified atom stereocenters. The number of nitrogens with one attached hydrogen (secondary N) is 2. The third-order valence-corrected chi connectivity index (χ3v) is 5.99. The summed E-state index contributed by atoms with van der Waals surface area (Å²) in [6.07, 6.45) is 0. The predicted molar refractivity (Wildman–Crippen MR) is 137 cm³/mol. The average molecular weight is 524 g/mol. The molecule has 0 aliphatic carbocycles. The van der Waals surface area contributed by atoms with Gasteiger partial charge in [-0.05, 0) is 79.9 Å². The number of carboxylic acid groups (broad SMARTS) is 1. The monoisotopic (exact) mass is 523 g/mol. The lowest BCUT2D eigenvalue weighted by atomic mass is 10.1. The van der Waals surface area contributed by atoms with Crippen molar-refractivity contribution in [3.8, 4) is 5.75 Å². The molecule has 0 radical (unpaired) electrons. The summed E-state index contributed by atoms with van der Waals surface area (Å²) in [7, 11) is 0. The third-order valence-electron chi connectivity index (χ3n) is 5.68. The van der Waals surface area contributed by atoms with Gasteiger partial charge >= 0.3 is 5.97 Å². The van der Waals surface area contributed by atoms with Crippen molar-refractivity contribution in [1.82, 2.24) is 15.8 Å². The number of amides is 3. The Hall–Kier alpha value is -4.21. The number of hydrazine groups is 1. The van der Waals surface area contributed by atoms with Gasteiger partial charge in [0.25, 0.3) is 17.7 Å². The molecule has 192 valence electrons. The second-order valence-corrected chi connectivity index (χ2v) is 8.89. The Morgan fingerprint density at radius 2 is 1.62 bits per heavy atom. The van der Waals surface area contributed by atoms with Crippen molar-refractivity contribution in [3.05, 3.63) is 99.1 Å². The molecule has 10 heteroatoms. The highest BCUT2D eigenvalue weighted by Gasteiger charge is 2.29. The Morgan fingerprint density at radius 1 is 0.919 bits per heavy atom. The van der Waals surface area contributed by atoms with Crippen LogP contribution in [-0.2, 0) is 11.3 Å². The second kappa shape index (κ2) is 11.7. The van der Waals surface area contributed by atoms with Gasteiger partial charge < -0.3 is 15.5 Å². The van der Waals surface area contributed by atoms with E-state index < -0.39 is 29.7 Å². The minimum Gasteiger partial charge on any atom is -0.508 e. The molecule has 4 N–H and O–H groups in total. The van der Waals surface area contributed by atoms with E-state index >= 15 is 0 Å². The summed E-state index contributed by atoms with van der Waals surface area (Å²) in [5.41, 5.74) is 5.13. The van der Waals surface area contributed by atoms with Crippen molar-refractivity contribution in [3.63, 3.8) is 0 Å². The van der Waals surface area contributed by atoms with Gasteiger partial charge in [0.2, 0.25) is 0 Å². The molecule has 3 aromatic rings. The molecule has 3 aromatic carbocycles. The van der Waals surface area contributed by atoms with Crippen LogP contribution in [0.4, 0.5) is 0 Å². The normalized spacial score (nSPS) is 11.5. The van der Waals surface area contributed by atoms with E-state index in [1.54, 1.807) is 30.3 Å². The molecule has 0 spiro atoms. The molecule has 3 rings (SSSR count). The quantitative estimate of drug-likeness (QED) is 0.260. The van der Waals surface area contributed by atoms with Gasteiger partial charge in [0, 0.05) is 17.7 Å². The number of nitrogens with zero attached hydrogens (tertiary/aromatic N) is 1. The highest BCUT2D eigenvalue weighted by molar-refractivity contribution is 6.34. The number of phenols is 1. The molecule has 0 fully saturated rings. The Kier molecular flexibility index (Phi) is 8.65. The largest absolute Gasteiger partial charge is 0.508 e. The summed E-state index contributed by atoms with van der Waals surface area (Å²) < 4.78 is 0. The van der Waals surface area contributed by atoms with Gasteiger partial charge in [-0.3, -0.25) is 19.2 Å². The molecule has 9 nitrogen and oxygen atoms in total. The molecule has 1 atom stereocenters. The van der Waals surface area contributed by atoms with Crippen LogP contribution in [0.5, 0.6) is 5.75 Å². The van der Waals surface area contributed by atoms with Crippen LogP contribution in [0.25, 0.3) is 0 Å². The first kappa shape index (κ1) is 27.4. The van der Waals surface area contributed by atoms with Crippen LogP contribution in [0, 0.1) is 13.8 Å². The summed E-state index contributed by atoms with van der Waals surface area (Å²) >= 11 is 6.33. The second-order valence-electron chi connectivity index (χ2n) is 8.48. The topological polar surface area (TPSA) is 136 Å². The summed E-state index contributed by atoms with van der Waals surface area (Å²) in [5, 5.41) is 22.1. The lowest BCUT2D eigenvalue weighted by Gasteiger charge is -2.24. The summed E-state index contributed by atoms with van der Waals surface area (Å²) in [4.78, 5) is 50.6. The number of hydrogen-bond donors (Lipinski definition) is 4. The number of halogens is 1. The first-order valence-corrected chi connectivity index (χ1v) is 11.7. The minimum absolute atomic E-state index is 0.0726. The van der Waals surface area contributed by atoms with Crippen LogP contribution in [0.3, 0.4) is 0 Å². The molecule has 37 heavy (non-hydrogen) atoms. The van der Waals surface area contributed by atoms with E-state index in [9.17, 15) is 29.4 Å². The Balaban J connectivity index is 1.85. The summed E-state index contributed by atoms with van der Waals surface area (Å²) in [6.45, 7) is 5.13. The minimum atomic E-state index is -1.27. The molecule has 0 aliphatic heterocycles. The fourth-order valence-electron chi connectivity index (χ4n) is 3.36. The summed E-state index contributed by atoms with van der Waals surface area (Å²) in [5.74, 6) is -3.30. The highest BCUT2D eigenvalue weighted by Crippen LogP contribution is 2.21. The molecule has 3 amide bonds. The summed E-state index contributed by atoms with van der Waals surface area (Å²) in [6, 6.07) is 14.0. The standard InChI is InChI=1S/C27H26ClN3O6/c1-15-7-8-20(11-16(15)2)25(34)31(30-17(3)27(36)37)26(35)22-10-9-19(13-23(22)28)24(33)29-14-18-5-4-6-21(32)12-18/h4-13,17,30,32H,14H2,1-3H3,(H,29,33)(H,36,37)/t17-/m0/s1. The maximum Gasteiger partial charge on any atom is 0.322 e. The molecular formula is C27H26ClN3O6. The van der Waals surface area contributed by atoms with Crippen molar-refractivity contribution in [2.24, 2.45) is 0 Å². The Labute approximate surface area is 218 Å². The van der Waals surface area contributed by atoms with Gasteiger partial charge in [0.15, 0.2) is 0 Å². The zero-order valence-electron chi connectivity index (χ0n) is 20.4. The Morgan fingerprint density at radius 3 is 2.24 bits per heavy atom. The molecular weight excluding hydrogens is 498 g/mol. The van der Waals surface area contributed by atoms with Crippen LogP contribution in [0.15, 0.2) is 60.7 Å². The lowest BCUT2D eigenvalue weighted by molar-refractivity contribution is -0.139. The zero-order valence-corrected chi connectivity index (χ0v) is 21.2. The van der Waals surface area contributed by atoms with Gasteiger partial charge in [-0.2, -0.15) is 0 Å². The van der Waals surface area contributed by atoms with E-state index in [-0.39, 0.29) is 34.0 Å². The maximum absolute atomic E-state index is 13.4. The molecule has 0 aromatic heterocycles. The molecule has 0 bridgehead atoms. The van der Waals surface area contributed by atoms with Crippen LogP contribution in [0.1, 0.15) is 54.7 Å². The first-order chi connectivity index (χ1) is 17.5. The van der Waals surface area contributed by atoms with Crippen molar-refractivity contribution < 1.29 is 29.4 Å². The maximum atomic E-state index is 13.4. The van der Waals surface area contributed by atoms with Crippen LogP contribution < -0.4 is 10.7 Å². The number of phenolic OH excluding ortho intramolecular Hbond substituents is 1. The smallest absolute Gasteiger partial charge is 0.322 e. The van der Waals surface area contributed by atoms with Crippen LogP contribution in [0.2, 0.25) is 5.02 Å². The molecule has 0 saturated heterocycles. The van der Waals surface area contributed by atoms with Gasteiger partial charge in [-0.25, -0.2) is 10.4 Å². The fraction of sp³-hybridized carbons (Fsp3) is 0.185. The van der Waals surface area contributed by atoms with Crippen LogP contribution in [-0.4, -0.2) is 45.0 Å². The van der Waals surface area contributed by atoms with Crippen molar-refractivity contribution in [2.45, 2.75) is 33.4 Å². The number of rotatable bonds is 8. The predicted octanol–water partition coefficient (Wildman–Crippen LogP) is 3.85. The molecule has 0 heterocycles. The van der Waals surface area contributed by atoms with E-state index in [1.807, 2.05) is 13.8 Å². The van der Waals surface area contributed by atoms with E-state index in [4.69, 9.17) is 11.6 Å². The van der Waals surface area contributed by atoms with Crippen molar-refractivity contribution in [1.29, 1.82) is 0 Å². The molecule has 0 aliphatic rings. The number of carbonyl (C=O) groups excluding carboxylic acids is 3. The number of imide groups is 1. The van der Waals surface area contributed by atoms with E-state index in [1.165, 1.54) is 37.3 Å². The zero-order chi connectivity index (χ0) is 27.3. The van der Waals surface area contributed by atoms with Gasteiger partial charge in [-0.1, -0.05) is 29.8 Å². The van der Waals surface area contributed by atoms with Crippen molar-refractivity contribution in [2.75, 3.05) is 0 Å². The third kappa shape index (κ3) is 6.72. The van der Waals surface area contributed by atoms with E-state index in [0.717, 1.165) is 11.1 Å². The van der Waals surface area contributed by atoms with Crippen LogP contribution >= 0.6 is 11.6 Å². The fourth-order valence-corrected chi connectivity index (χ4v) is 3.62. The van der Waals surface area contributed by atoms with E-state index in [0.29, 0.717) is 10.6 Å². The van der Waals surface area contributed by atoms with Gasteiger partial charge in [0.1, 0.15) is 11.8 Å². The number of aliphatic carboxylic acids is 1.